The Balaban J connectivity index is -0.000000563. The summed E-state index contributed by atoms with van der Waals surface area (Å²) in [4.78, 5) is 0. The summed E-state index contributed by atoms with van der Waals surface area (Å²) in [6, 6.07) is 0. The van der Waals surface area contributed by atoms with Gasteiger partial charge >= 0.3 is 26.2 Å². The van der Waals surface area contributed by atoms with E-state index in [0.29, 0.717) is 5.92 Å². The van der Waals surface area contributed by atoms with Crippen LogP contribution in [0.5, 0.6) is 0 Å². The maximum Gasteiger partial charge on any atom is 3.00 e. The predicted molar refractivity (Wildman–Crippen MR) is 58.4 cm³/mol. The molecule has 0 aromatic rings. The Bertz CT molecular complexity index is 234. The fraction of sp³-hybridized carbons (Fsp3) is 0.692. The van der Waals surface area contributed by atoms with Crippen molar-refractivity contribution in [3.63, 3.8) is 0 Å². The Hall–Kier alpha value is 0.943. The van der Waals surface area contributed by atoms with Crippen LogP contribution in [0.15, 0.2) is 17.2 Å². The predicted octanol–water partition coefficient (Wildman–Crippen LogP) is -1.86. The van der Waals surface area contributed by atoms with Gasteiger partial charge in [-0.3, -0.25) is 6.08 Å². The number of rotatable bonds is 4. The SMILES string of the molecule is CCC(C)C1=[C-]CC(C(C)CC)=C1.[Cl-].[Cl-].[Zr+3]. The van der Waals surface area contributed by atoms with Gasteiger partial charge < -0.3 is 24.8 Å². The number of hydrogen-bond acceptors (Lipinski definition) is 0. The van der Waals surface area contributed by atoms with Gasteiger partial charge in [0.25, 0.3) is 0 Å². The summed E-state index contributed by atoms with van der Waals surface area (Å²) in [5, 5.41) is 0. The van der Waals surface area contributed by atoms with Gasteiger partial charge in [0.15, 0.2) is 0 Å². The van der Waals surface area contributed by atoms with E-state index in [9.17, 15) is 0 Å². The molecular formula is C13H21Cl2Zr. The van der Waals surface area contributed by atoms with E-state index < -0.39 is 0 Å². The second-order valence-corrected chi connectivity index (χ2v) is 4.15. The van der Waals surface area contributed by atoms with Crippen LogP contribution in [0.4, 0.5) is 0 Å². The van der Waals surface area contributed by atoms with Crippen LogP contribution >= 0.6 is 0 Å². The molecule has 0 nitrogen and oxygen atoms in total. The average Bonchev–Trinajstić information content (AvgIpc) is 2.64. The molecule has 91 valence electrons. The van der Waals surface area contributed by atoms with Gasteiger partial charge in [-0.25, -0.2) is 11.6 Å². The van der Waals surface area contributed by atoms with Crippen LogP contribution in [0, 0.1) is 17.9 Å². The van der Waals surface area contributed by atoms with Crippen molar-refractivity contribution in [2.45, 2.75) is 47.0 Å². The standard InChI is InChI=1S/C13H21.2ClH.Zr/c1-5-10(3)12-7-8-13(9-12)11(4)6-2;;;/h9-11H,5-7H2,1-4H3;2*1H;/q-1;;;+3/p-2. The molecule has 2 atom stereocenters. The Morgan fingerprint density at radius 2 is 1.62 bits per heavy atom. The topological polar surface area (TPSA) is 0 Å². The normalized spacial score (nSPS) is 17.0. The fourth-order valence-electron chi connectivity index (χ4n) is 1.62. The van der Waals surface area contributed by atoms with E-state index in [2.05, 4.69) is 39.8 Å². The molecule has 0 bridgehead atoms. The fourth-order valence-corrected chi connectivity index (χ4v) is 1.62. The number of hydrogen-bond donors (Lipinski definition) is 0. The molecule has 0 aromatic heterocycles. The first-order valence-electron chi connectivity index (χ1n) is 5.50. The van der Waals surface area contributed by atoms with E-state index in [0.717, 1.165) is 12.3 Å². The molecule has 1 radical (unpaired) electrons. The summed E-state index contributed by atoms with van der Waals surface area (Å²) < 4.78 is 0. The van der Waals surface area contributed by atoms with Gasteiger partial charge in [-0.15, -0.1) is 6.42 Å². The second-order valence-electron chi connectivity index (χ2n) is 4.15. The molecule has 0 N–H and O–H groups in total. The molecule has 3 heteroatoms. The van der Waals surface area contributed by atoms with E-state index >= 15 is 0 Å². The maximum absolute atomic E-state index is 3.50. The van der Waals surface area contributed by atoms with Crippen molar-refractivity contribution in [2.75, 3.05) is 0 Å². The minimum atomic E-state index is 0. The van der Waals surface area contributed by atoms with Crippen LogP contribution in [0.2, 0.25) is 0 Å². The van der Waals surface area contributed by atoms with E-state index in [4.69, 9.17) is 0 Å². The van der Waals surface area contributed by atoms with Crippen LogP contribution in [-0.2, 0) is 26.2 Å². The van der Waals surface area contributed by atoms with Gasteiger partial charge in [-0.1, -0.05) is 46.5 Å². The molecular weight excluding hydrogens is 318 g/mol. The molecule has 1 aliphatic carbocycles. The number of allylic oxidation sites excluding steroid dienone is 4. The van der Waals surface area contributed by atoms with E-state index in [1.807, 2.05) is 0 Å². The first kappa shape index (κ1) is 22.2. The third-order valence-electron chi connectivity index (χ3n) is 3.23. The molecule has 16 heavy (non-hydrogen) atoms. The quantitative estimate of drug-likeness (QED) is 0.528. The van der Waals surface area contributed by atoms with Crippen LogP contribution in [-0.4, -0.2) is 0 Å². The molecule has 0 amide bonds. The van der Waals surface area contributed by atoms with Gasteiger partial charge in [0.1, 0.15) is 0 Å². The van der Waals surface area contributed by atoms with Crippen molar-refractivity contribution >= 4 is 0 Å². The van der Waals surface area contributed by atoms with Crippen LogP contribution < -0.4 is 24.8 Å². The summed E-state index contributed by atoms with van der Waals surface area (Å²) in [5.74, 6) is 1.44. The molecule has 0 saturated carbocycles. The van der Waals surface area contributed by atoms with Gasteiger partial charge in [-0.05, 0) is 5.92 Å². The smallest absolute Gasteiger partial charge is 1.00 e. The Kier molecular flexibility index (Phi) is 15.3. The zero-order valence-corrected chi connectivity index (χ0v) is 14.6. The first-order valence-corrected chi connectivity index (χ1v) is 5.50. The van der Waals surface area contributed by atoms with Gasteiger partial charge in [-0.2, -0.15) is 5.57 Å². The van der Waals surface area contributed by atoms with E-state index in [-0.39, 0.29) is 51.0 Å². The zero-order valence-electron chi connectivity index (χ0n) is 10.6. The molecule has 0 spiro atoms. The van der Waals surface area contributed by atoms with Crippen molar-refractivity contribution in [1.29, 1.82) is 0 Å². The Labute approximate surface area is 132 Å². The molecule has 0 aliphatic heterocycles. The minimum Gasteiger partial charge on any atom is -1.00 e. The van der Waals surface area contributed by atoms with Gasteiger partial charge in [0.2, 0.25) is 0 Å². The van der Waals surface area contributed by atoms with Crippen molar-refractivity contribution in [3.8, 4) is 0 Å². The third-order valence-corrected chi connectivity index (χ3v) is 3.23. The molecule has 0 fully saturated rings. The average molecular weight is 339 g/mol. The molecule has 1 aliphatic rings. The molecule has 0 aromatic carbocycles. The summed E-state index contributed by atoms with van der Waals surface area (Å²) >= 11 is 0. The van der Waals surface area contributed by atoms with Crippen molar-refractivity contribution in [2.24, 2.45) is 11.8 Å². The maximum atomic E-state index is 3.50. The van der Waals surface area contributed by atoms with Crippen LogP contribution in [0.25, 0.3) is 0 Å². The largest absolute Gasteiger partial charge is 3.00 e. The number of halogens is 2. The third kappa shape index (κ3) is 6.03. The molecule has 1 rings (SSSR count). The van der Waals surface area contributed by atoms with Crippen LogP contribution in [0.1, 0.15) is 47.0 Å². The van der Waals surface area contributed by atoms with Gasteiger partial charge in [0.05, 0.1) is 0 Å². The zero-order chi connectivity index (χ0) is 9.84. The van der Waals surface area contributed by atoms with Crippen LogP contribution in [0.3, 0.4) is 0 Å². The summed E-state index contributed by atoms with van der Waals surface area (Å²) in [6.45, 7) is 9.10. The molecule has 2 unspecified atom stereocenters. The van der Waals surface area contributed by atoms with Crippen molar-refractivity contribution in [1.82, 2.24) is 0 Å². The monoisotopic (exact) mass is 337 g/mol. The van der Waals surface area contributed by atoms with Crippen molar-refractivity contribution in [3.05, 3.63) is 23.3 Å². The summed E-state index contributed by atoms with van der Waals surface area (Å²) in [5.41, 5.74) is 3.02. The van der Waals surface area contributed by atoms with E-state index in [1.165, 1.54) is 18.4 Å². The summed E-state index contributed by atoms with van der Waals surface area (Å²) in [7, 11) is 0. The Morgan fingerprint density at radius 3 is 2.06 bits per heavy atom. The second kappa shape index (κ2) is 11.1. The molecule has 0 heterocycles. The van der Waals surface area contributed by atoms with Crippen molar-refractivity contribution < 1.29 is 51.0 Å². The summed E-state index contributed by atoms with van der Waals surface area (Å²) in [6.07, 6.45) is 9.43. The minimum absolute atomic E-state index is 0. The van der Waals surface area contributed by atoms with E-state index in [1.54, 1.807) is 5.57 Å². The van der Waals surface area contributed by atoms with Gasteiger partial charge in [0, 0.05) is 0 Å². The molecule has 0 saturated heterocycles. The Morgan fingerprint density at radius 1 is 1.12 bits per heavy atom. The first-order chi connectivity index (χ1) is 6.19.